The second-order valence-corrected chi connectivity index (χ2v) is 6.43. The van der Waals surface area contributed by atoms with Gasteiger partial charge in [0.05, 0.1) is 16.7 Å². The van der Waals surface area contributed by atoms with Crippen LogP contribution < -0.4 is 4.90 Å². The third-order valence-electron chi connectivity index (χ3n) is 3.89. The van der Waals surface area contributed by atoms with Gasteiger partial charge in [-0.25, -0.2) is 9.97 Å². The molecule has 1 aliphatic rings. The maximum Gasteiger partial charge on any atom is 0.254 e. The zero-order valence-corrected chi connectivity index (χ0v) is 12.8. The first-order valence-corrected chi connectivity index (χ1v) is 7.96. The highest BCUT2D eigenvalue weighted by molar-refractivity contribution is 7.09. The minimum Gasteiger partial charge on any atom is -0.348 e. The van der Waals surface area contributed by atoms with Crippen LogP contribution in [0.4, 0.5) is 5.82 Å². The summed E-state index contributed by atoms with van der Waals surface area (Å²) in [4.78, 5) is 15.7. The van der Waals surface area contributed by atoms with Gasteiger partial charge in [0, 0.05) is 23.7 Å². The van der Waals surface area contributed by atoms with Gasteiger partial charge in [0.25, 0.3) is 5.78 Å². The lowest BCUT2D eigenvalue weighted by Gasteiger charge is -2.25. The monoisotopic (exact) mass is 300 g/mol. The third kappa shape index (κ3) is 2.08. The lowest BCUT2D eigenvalue weighted by molar-refractivity contribution is 0.679. The Kier molecular flexibility index (Phi) is 2.88. The summed E-state index contributed by atoms with van der Waals surface area (Å²) in [5.74, 6) is 1.72. The van der Waals surface area contributed by atoms with E-state index < -0.39 is 0 Å². The van der Waals surface area contributed by atoms with Gasteiger partial charge in [-0.2, -0.15) is 14.6 Å². The van der Waals surface area contributed by atoms with Gasteiger partial charge in [-0.15, -0.1) is 11.3 Å². The van der Waals surface area contributed by atoms with Crippen LogP contribution in [0.1, 0.15) is 35.3 Å². The number of fused-ring (bicyclic) bond motifs is 1. The first kappa shape index (κ1) is 12.7. The maximum absolute atomic E-state index is 4.67. The second kappa shape index (κ2) is 4.77. The molecule has 4 rings (SSSR count). The zero-order chi connectivity index (χ0) is 14.4. The van der Waals surface area contributed by atoms with Crippen molar-refractivity contribution in [2.45, 2.75) is 32.7 Å². The highest BCUT2D eigenvalue weighted by atomic mass is 32.1. The Morgan fingerprint density at radius 1 is 1.29 bits per heavy atom. The van der Waals surface area contributed by atoms with E-state index in [1.165, 1.54) is 6.42 Å². The molecule has 3 aromatic rings. The van der Waals surface area contributed by atoms with Crippen molar-refractivity contribution in [3.05, 3.63) is 34.2 Å². The highest BCUT2D eigenvalue weighted by Crippen LogP contribution is 2.36. The zero-order valence-electron chi connectivity index (χ0n) is 12.0. The van der Waals surface area contributed by atoms with Crippen LogP contribution in [0.25, 0.3) is 5.78 Å². The Balaban J connectivity index is 1.81. The van der Waals surface area contributed by atoms with Crippen molar-refractivity contribution in [1.82, 2.24) is 24.6 Å². The summed E-state index contributed by atoms with van der Waals surface area (Å²) in [7, 11) is 0. The van der Waals surface area contributed by atoms with Gasteiger partial charge in [0.1, 0.15) is 12.1 Å². The Morgan fingerprint density at radius 2 is 2.19 bits per heavy atom. The van der Waals surface area contributed by atoms with Crippen molar-refractivity contribution in [2.24, 2.45) is 0 Å². The number of rotatable bonds is 2. The van der Waals surface area contributed by atoms with Gasteiger partial charge >= 0.3 is 0 Å². The maximum atomic E-state index is 4.67. The quantitative estimate of drug-likeness (QED) is 0.728. The Morgan fingerprint density at radius 3 is 3.00 bits per heavy atom. The molecule has 4 heterocycles. The van der Waals surface area contributed by atoms with E-state index in [1.54, 1.807) is 17.7 Å². The molecule has 0 radical (unpaired) electrons. The molecule has 7 heteroatoms. The average Bonchev–Trinajstić information content (AvgIpc) is 3.15. The van der Waals surface area contributed by atoms with Crippen LogP contribution in [0, 0.1) is 13.8 Å². The van der Waals surface area contributed by atoms with Crippen molar-refractivity contribution < 1.29 is 0 Å². The minimum atomic E-state index is 0.323. The average molecular weight is 300 g/mol. The van der Waals surface area contributed by atoms with Gasteiger partial charge in [-0.3, -0.25) is 0 Å². The summed E-state index contributed by atoms with van der Waals surface area (Å²) in [6.45, 7) is 5.07. The summed E-state index contributed by atoms with van der Waals surface area (Å²) in [6.07, 6.45) is 3.85. The van der Waals surface area contributed by atoms with Gasteiger partial charge in [-0.05, 0) is 26.7 Å². The fourth-order valence-corrected chi connectivity index (χ4v) is 3.66. The number of hydrogen-bond donors (Lipinski definition) is 0. The Hall–Kier alpha value is -2.02. The molecule has 1 aliphatic heterocycles. The number of nitrogens with zero attached hydrogens (tertiary/aromatic N) is 6. The van der Waals surface area contributed by atoms with Crippen LogP contribution in [-0.4, -0.2) is 31.1 Å². The summed E-state index contributed by atoms with van der Waals surface area (Å²) < 4.78 is 1.82. The molecule has 3 aromatic heterocycles. The van der Waals surface area contributed by atoms with E-state index >= 15 is 0 Å². The molecule has 21 heavy (non-hydrogen) atoms. The molecule has 0 amide bonds. The van der Waals surface area contributed by atoms with Crippen molar-refractivity contribution in [1.29, 1.82) is 0 Å². The lowest BCUT2D eigenvalue weighted by Crippen LogP contribution is -2.25. The fraction of sp³-hybridized carbons (Fsp3) is 0.429. The Bertz CT molecular complexity index is 792. The van der Waals surface area contributed by atoms with Gasteiger partial charge in [-0.1, -0.05) is 0 Å². The van der Waals surface area contributed by atoms with Crippen molar-refractivity contribution in [3.8, 4) is 0 Å². The van der Waals surface area contributed by atoms with E-state index in [4.69, 9.17) is 0 Å². The van der Waals surface area contributed by atoms with E-state index in [9.17, 15) is 0 Å². The first-order chi connectivity index (χ1) is 10.2. The molecule has 6 nitrogen and oxygen atoms in total. The van der Waals surface area contributed by atoms with Crippen LogP contribution in [0.2, 0.25) is 0 Å². The van der Waals surface area contributed by atoms with Crippen LogP contribution in [0.3, 0.4) is 0 Å². The number of thiazole rings is 1. The molecule has 1 atom stereocenters. The fourth-order valence-electron chi connectivity index (χ4n) is 3.00. The van der Waals surface area contributed by atoms with Gasteiger partial charge < -0.3 is 4.90 Å². The summed E-state index contributed by atoms with van der Waals surface area (Å²) in [5.41, 5.74) is 2.13. The normalized spacial score (nSPS) is 18.8. The van der Waals surface area contributed by atoms with Crippen LogP contribution in [0.15, 0.2) is 17.8 Å². The van der Waals surface area contributed by atoms with E-state index in [2.05, 4.69) is 43.3 Å². The predicted octanol–water partition coefficient (Wildman–Crippen LogP) is 2.54. The molecule has 0 unspecified atom stereocenters. The van der Waals surface area contributed by atoms with Crippen LogP contribution in [0.5, 0.6) is 0 Å². The molecular formula is C14H16N6S. The topological polar surface area (TPSA) is 59.2 Å². The summed E-state index contributed by atoms with van der Waals surface area (Å²) in [5, 5.41) is 7.61. The van der Waals surface area contributed by atoms with E-state index in [0.29, 0.717) is 11.8 Å². The molecule has 108 valence electrons. The van der Waals surface area contributed by atoms with Gasteiger partial charge in [0.15, 0.2) is 0 Å². The highest BCUT2D eigenvalue weighted by Gasteiger charge is 2.30. The van der Waals surface area contributed by atoms with Crippen molar-refractivity contribution >= 4 is 22.9 Å². The molecule has 0 bridgehead atoms. The molecule has 0 spiro atoms. The SMILES string of the molecule is Cc1cc(N2CCC[C@@H]2c2csc(C)n2)n2ncnc2n1. The molecule has 0 saturated carbocycles. The van der Waals surface area contributed by atoms with Crippen molar-refractivity contribution in [2.75, 3.05) is 11.4 Å². The number of hydrogen-bond acceptors (Lipinski definition) is 6. The smallest absolute Gasteiger partial charge is 0.254 e. The second-order valence-electron chi connectivity index (χ2n) is 5.37. The van der Waals surface area contributed by atoms with E-state index in [-0.39, 0.29) is 0 Å². The summed E-state index contributed by atoms with van der Waals surface area (Å²) >= 11 is 1.71. The lowest BCUT2D eigenvalue weighted by atomic mass is 10.1. The molecule has 1 saturated heterocycles. The third-order valence-corrected chi connectivity index (χ3v) is 4.68. The van der Waals surface area contributed by atoms with E-state index in [0.717, 1.165) is 35.2 Å². The molecule has 0 aromatic carbocycles. The van der Waals surface area contributed by atoms with E-state index in [1.807, 2.05) is 11.4 Å². The predicted molar refractivity (Wildman–Crippen MR) is 81.7 cm³/mol. The summed E-state index contributed by atoms with van der Waals surface area (Å²) in [6, 6.07) is 2.41. The first-order valence-electron chi connectivity index (χ1n) is 7.08. The standard InChI is InChI=1S/C14H16N6S/c1-9-6-13(20-14(17-9)15-8-16-20)19-5-3-4-12(19)11-7-21-10(2)18-11/h6-8,12H,3-5H2,1-2H3/t12-/m1/s1. The Labute approximate surface area is 126 Å². The molecular weight excluding hydrogens is 284 g/mol. The molecule has 0 N–H and O–H groups in total. The largest absolute Gasteiger partial charge is 0.348 e. The minimum absolute atomic E-state index is 0.323. The number of anilines is 1. The molecule has 0 aliphatic carbocycles. The van der Waals surface area contributed by atoms with Crippen LogP contribution in [-0.2, 0) is 0 Å². The van der Waals surface area contributed by atoms with Crippen LogP contribution >= 0.6 is 11.3 Å². The number of aromatic nitrogens is 5. The van der Waals surface area contributed by atoms with Gasteiger partial charge in [0.2, 0.25) is 0 Å². The number of aryl methyl sites for hydroxylation is 2. The van der Waals surface area contributed by atoms with Crippen molar-refractivity contribution in [3.63, 3.8) is 0 Å². The molecule has 1 fully saturated rings.